The van der Waals surface area contributed by atoms with E-state index in [0.717, 1.165) is 17.0 Å². The fraction of sp³-hybridized carbons (Fsp3) is 0.429. The number of ether oxygens (including phenoxy) is 1. The summed E-state index contributed by atoms with van der Waals surface area (Å²) in [6, 6.07) is 7.27. The number of nitrogens with one attached hydrogen (secondary N) is 1. The van der Waals surface area contributed by atoms with Crippen LogP contribution in [0.1, 0.15) is 31.6 Å². The zero-order valence-electron chi connectivity index (χ0n) is 11.4. The lowest BCUT2D eigenvalue weighted by Gasteiger charge is -2.15. The van der Waals surface area contributed by atoms with Crippen LogP contribution in [-0.2, 0) is 14.3 Å². The third kappa shape index (κ3) is 4.95. The fourth-order valence-electron chi connectivity index (χ4n) is 1.63. The van der Waals surface area contributed by atoms with Gasteiger partial charge in [-0.15, -0.1) is 11.8 Å². The molecule has 0 radical (unpaired) electrons. The molecule has 1 unspecified atom stereocenters. The number of hydrogen-bond acceptors (Lipinski definition) is 4. The van der Waals surface area contributed by atoms with Gasteiger partial charge in [0.25, 0.3) is 0 Å². The van der Waals surface area contributed by atoms with Crippen LogP contribution in [0.2, 0.25) is 0 Å². The molecular formula is C14H19NO3S. The summed E-state index contributed by atoms with van der Waals surface area (Å²) in [4.78, 5) is 22.8. The van der Waals surface area contributed by atoms with Crippen molar-refractivity contribution in [2.45, 2.75) is 26.0 Å². The van der Waals surface area contributed by atoms with E-state index in [1.807, 2.05) is 19.1 Å². The van der Waals surface area contributed by atoms with Crippen molar-refractivity contribution >= 4 is 29.3 Å². The normalized spacial score (nSPS) is 11.7. The third-order valence-electron chi connectivity index (χ3n) is 2.37. The average molecular weight is 281 g/mol. The highest BCUT2D eigenvalue weighted by atomic mass is 32.2. The summed E-state index contributed by atoms with van der Waals surface area (Å²) >= 11 is 1.54. The molecule has 1 N–H and O–H groups in total. The first-order valence-electron chi connectivity index (χ1n) is 6.24. The lowest BCUT2D eigenvalue weighted by molar-refractivity contribution is -0.142. The van der Waals surface area contributed by atoms with E-state index in [0.29, 0.717) is 6.61 Å². The van der Waals surface area contributed by atoms with Crippen LogP contribution in [0.3, 0.4) is 0 Å². The maximum absolute atomic E-state index is 11.9. The molecular weight excluding hydrogens is 262 g/mol. The van der Waals surface area contributed by atoms with Gasteiger partial charge in [0.1, 0.15) is 5.25 Å². The molecule has 1 rings (SSSR count). The lowest BCUT2D eigenvalue weighted by Crippen LogP contribution is -2.13. The highest BCUT2D eigenvalue weighted by Gasteiger charge is 2.21. The molecule has 0 saturated carbocycles. The summed E-state index contributed by atoms with van der Waals surface area (Å²) in [6.45, 7) is 5.64. The Labute approximate surface area is 117 Å². The summed E-state index contributed by atoms with van der Waals surface area (Å²) < 4.78 is 5.08. The summed E-state index contributed by atoms with van der Waals surface area (Å²) in [5.74, 6) is 0.496. The Morgan fingerprint density at radius 3 is 2.37 bits per heavy atom. The molecule has 0 heterocycles. The van der Waals surface area contributed by atoms with Gasteiger partial charge >= 0.3 is 5.97 Å². The van der Waals surface area contributed by atoms with Crippen LogP contribution in [0.4, 0.5) is 5.69 Å². The zero-order chi connectivity index (χ0) is 14.3. The number of thioether (sulfide) groups is 1. The standard InChI is InChI=1S/C14H19NO3S/c1-4-18-14(17)13(19-5-2)11-6-8-12(9-7-11)15-10(3)16/h6-9,13H,4-5H2,1-3H3,(H,15,16). The van der Waals surface area contributed by atoms with Gasteiger partial charge in [-0.3, -0.25) is 9.59 Å². The van der Waals surface area contributed by atoms with Crippen molar-refractivity contribution < 1.29 is 14.3 Å². The third-order valence-corrected chi connectivity index (χ3v) is 3.50. The Hall–Kier alpha value is -1.49. The number of anilines is 1. The van der Waals surface area contributed by atoms with Gasteiger partial charge in [0.05, 0.1) is 6.61 Å². The summed E-state index contributed by atoms with van der Waals surface area (Å²) in [6.07, 6.45) is 0. The minimum absolute atomic E-state index is 0.113. The lowest BCUT2D eigenvalue weighted by atomic mass is 10.1. The second kappa shape index (κ2) is 7.84. The molecule has 0 aliphatic carbocycles. The monoisotopic (exact) mass is 281 g/mol. The first-order valence-corrected chi connectivity index (χ1v) is 7.29. The minimum atomic E-state index is -0.309. The summed E-state index contributed by atoms with van der Waals surface area (Å²) in [5.41, 5.74) is 1.61. The fourth-order valence-corrected chi connectivity index (χ4v) is 2.52. The van der Waals surface area contributed by atoms with Crippen LogP contribution < -0.4 is 5.32 Å². The van der Waals surface area contributed by atoms with Crippen molar-refractivity contribution in [1.29, 1.82) is 0 Å². The van der Waals surface area contributed by atoms with E-state index in [9.17, 15) is 9.59 Å². The number of esters is 1. The van der Waals surface area contributed by atoms with Crippen molar-refractivity contribution in [3.63, 3.8) is 0 Å². The van der Waals surface area contributed by atoms with Gasteiger partial charge in [0, 0.05) is 12.6 Å². The zero-order valence-corrected chi connectivity index (χ0v) is 12.3. The maximum atomic E-state index is 11.9. The SMILES string of the molecule is CCOC(=O)C(SCC)c1ccc(NC(C)=O)cc1. The smallest absolute Gasteiger partial charge is 0.323 e. The molecule has 1 atom stereocenters. The number of carbonyl (C=O) groups excluding carboxylic acids is 2. The Kier molecular flexibility index (Phi) is 6.42. The minimum Gasteiger partial charge on any atom is -0.465 e. The first-order chi connectivity index (χ1) is 9.08. The quantitative estimate of drug-likeness (QED) is 0.814. The molecule has 1 aromatic rings. The molecule has 1 aromatic carbocycles. The highest BCUT2D eigenvalue weighted by Crippen LogP contribution is 2.30. The number of benzene rings is 1. The Bertz CT molecular complexity index is 431. The van der Waals surface area contributed by atoms with Crippen molar-refractivity contribution in [3.05, 3.63) is 29.8 Å². The molecule has 104 valence electrons. The molecule has 0 fully saturated rings. The van der Waals surface area contributed by atoms with Gasteiger partial charge in [-0.25, -0.2) is 0 Å². The molecule has 0 aromatic heterocycles. The Morgan fingerprint density at radius 2 is 1.89 bits per heavy atom. The van der Waals surface area contributed by atoms with E-state index < -0.39 is 0 Å². The van der Waals surface area contributed by atoms with Crippen molar-refractivity contribution in [1.82, 2.24) is 0 Å². The number of hydrogen-bond donors (Lipinski definition) is 1. The van der Waals surface area contributed by atoms with Crippen LogP contribution in [0.25, 0.3) is 0 Å². The van der Waals surface area contributed by atoms with E-state index in [1.165, 1.54) is 18.7 Å². The van der Waals surface area contributed by atoms with Gasteiger partial charge in [0.15, 0.2) is 0 Å². The number of carbonyl (C=O) groups is 2. The second-order valence-corrected chi connectivity index (χ2v) is 5.27. The van der Waals surface area contributed by atoms with Crippen LogP contribution in [0, 0.1) is 0 Å². The number of amides is 1. The van der Waals surface area contributed by atoms with Crippen molar-refractivity contribution in [2.75, 3.05) is 17.7 Å². The van der Waals surface area contributed by atoms with E-state index in [2.05, 4.69) is 5.32 Å². The van der Waals surface area contributed by atoms with Gasteiger partial charge in [-0.1, -0.05) is 19.1 Å². The molecule has 0 bridgehead atoms. The Balaban J connectivity index is 2.84. The number of rotatable bonds is 6. The molecule has 0 aliphatic heterocycles. The van der Waals surface area contributed by atoms with Gasteiger partial charge in [-0.2, -0.15) is 0 Å². The predicted molar refractivity (Wildman–Crippen MR) is 78.3 cm³/mol. The van der Waals surface area contributed by atoms with Gasteiger partial charge in [0.2, 0.25) is 5.91 Å². The van der Waals surface area contributed by atoms with E-state index in [4.69, 9.17) is 4.74 Å². The second-order valence-electron chi connectivity index (χ2n) is 3.89. The summed E-state index contributed by atoms with van der Waals surface area (Å²) in [7, 11) is 0. The maximum Gasteiger partial charge on any atom is 0.323 e. The molecule has 0 aliphatic rings. The molecule has 1 amide bonds. The topological polar surface area (TPSA) is 55.4 Å². The average Bonchev–Trinajstić information content (AvgIpc) is 2.36. The van der Waals surface area contributed by atoms with Crippen molar-refractivity contribution in [2.24, 2.45) is 0 Å². The first kappa shape index (κ1) is 15.6. The van der Waals surface area contributed by atoms with Crippen LogP contribution in [-0.4, -0.2) is 24.2 Å². The highest BCUT2D eigenvalue weighted by molar-refractivity contribution is 8.00. The van der Waals surface area contributed by atoms with Crippen LogP contribution >= 0.6 is 11.8 Å². The molecule has 0 spiro atoms. The van der Waals surface area contributed by atoms with E-state index in [1.54, 1.807) is 19.1 Å². The molecule has 4 nitrogen and oxygen atoms in total. The molecule has 5 heteroatoms. The van der Waals surface area contributed by atoms with Crippen molar-refractivity contribution in [3.8, 4) is 0 Å². The van der Waals surface area contributed by atoms with E-state index in [-0.39, 0.29) is 17.1 Å². The van der Waals surface area contributed by atoms with Crippen LogP contribution in [0.5, 0.6) is 0 Å². The predicted octanol–water partition coefficient (Wildman–Crippen LogP) is 3.00. The molecule has 0 saturated heterocycles. The summed E-state index contributed by atoms with van der Waals surface area (Å²) in [5, 5.41) is 2.39. The van der Waals surface area contributed by atoms with Gasteiger partial charge < -0.3 is 10.1 Å². The molecule has 19 heavy (non-hydrogen) atoms. The van der Waals surface area contributed by atoms with Gasteiger partial charge in [-0.05, 0) is 30.4 Å². The Morgan fingerprint density at radius 1 is 1.26 bits per heavy atom. The van der Waals surface area contributed by atoms with E-state index >= 15 is 0 Å². The van der Waals surface area contributed by atoms with Crippen LogP contribution in [0.15, 0.2) is 24.3 Å². The largest absolute Gasteiger partial charge is 0.465 e.